The molecule has 7 heteroatoms. The highest BCUT2D eigenvalue weighted by Crippen LogP contribution is 2.23. The van der Waals surface area contributed by atoms with Gasteiger partial charge in [0.25, 0.3) is 0 Å². The van der Waals surface area contributed by atoms with Crippen molar-refractivity contribution in [3.05, 3.63) is 65.4 Å². The second-order valence-electron chi connectivity index (χ2n) is 7.22. The lowest BCUT2D eigenvalue weighted by Gasteiger charge is -2.12. The number of sulfonamides is 1. The summed E-state index contributed by atoms with van der Waals surface area (Å²) >= 11 is 0. The van der Waals surface area contributed by atoms with Crippen LogP contribution in [-0.4, -0.2) is 20.9 Å². The molecular formula is C22H26N2O4S. The van der Waals surface area contributed by atoms with Crippen LogP contribution in [0.2, 0.25) is 0 Å². The monoisotopic (exact) mass is 414 g/mol. The summed E-state index contributed by atoms with van der Waals surface area (Å²) in [5.41, 5.74) is 2.75. The Bertz CT molecular complexity index is 1090. The van der Waals surface area contributed by atoms with Gasteiger partial charge in [0.05, 0.1) is 10.9 Å². The predicted molar refractivity (Wildman–Crippen MR) is 113 cm³/mol. The van der Waals surface area contributed by atoms with E-state index in [2.05, 4.69) is 10.0 Å². The highest BCUT2D eigenvalue weighted by molar-refractivity contribution is 7.89. The third-order valence-electron chi connectivity index (χ3n) is 4.91. The topological polar surface area (TPSA) is 88.4 Å². The Morgan fingerprint density at radius 3 is 2.55 bits per heavy atom. The highest BCUT2D eigenvalue weighted by atomic mass is 32.2. The number of carbonyl (C=O) groups excluding carboxylic acids is 1. The van der Waals surface area contributed by atoms with Crippen LogP contribution in [0.5, 0.6) is 0 Å². The van der Waals surface area contributed by atoms with E-state index in [0.29, 0.717) is 12.2 Å². The molecule has 154 valence electrons. The smallest absolute Gasteiger partial charge is 0.240 e. The lowest BCUT2D eigenvalue weighted by Crippen LogP contribution is -2.29. The number of fused-ring (bicyclic) bond motifs is 1. The number of carbonyl (C=O) groups is 1. The number of hydrogen-bond donors (Lipinski definition) is 2. The Hall–Kier alpha value is -2.64. The summed E-state index contributed by atoms with van der Waals surface area (Å²) < 4.78 is 33.0. The molecule has 0 aliphatic heterocycles. The van der Waals surface area contributed by atoms with Crippen molar-refractivity contribution in [1.82, 2.24) is 10.0 Å². The Morgan fingerprint density at radius 2 is 1.83 bits per heavy atom. The van der Waals surface area contributed by atoms with Crippen LogP contribution < -0.4 is 10.0 Å². The lowest BCUT2D eigenvalue weighted by molar-refractivity contribution is -0.121. The summed E-state index contributed by atoms with van der Waals surface area (Å²) in [6, 6.07) is 14.4. The average molecular weight is 415 g/mol. The summed E-state index contributed by atoms with van der Waals surface area (Å²) in [4.78, 5) is 12.4. The fourth-order valence-corrected chi connectivity index (χ4v) is 4.18. The molecule has 29 heavy (non-hydrogen) atoms. The molecule has 0 saturated heterocycles. The number of rotatable bonds is 8. The minimum atomic E-state index is -3.58. The molecule has 0 aliphatic carbocycles. The molecular weight excluding hydrogens is 388 g/mol. The van der Waals surface area contributed by atoms with E-state index in [1.54, 1.807) is 18.2 Å². The Kier molecular flexibility index (Phi) is 6.39. The fraction of sp³-hybridized carbons (Fsp3) is 0.318. The van der Waals surface area contributed by atoms with Gasteiger partial charge in [0, 0.05) is 18.4 Å². The van der Waals surface area contributed by atoms with Gasteiger partial charge in [0.1, 0.15) is 11.3 Å². The Morgan fingerprint density at radius 1 is 1.07 bits per heavy atom. The molecule has 3 rings (SSSR count). The second kappa shape index (κ2) is 8.80. The van der Waals surface area contributed by atoms with Gasteiger partial charge in [-0.05, 0) is 62.6 Å². The molecule has 1 atom stereocenters. The molecule has 0 unspecified atom stereocenters. The van der Waals surface area contributed by atoms with Crippen molar-refractivity contribution in [3.8, 4) is 0 Å². The zero-order valence-electron chi connectivity index (χ0n) is 16.9. The highest BCUT2D eigenvalue weighted by Gasteiger charge is 2.16. The Labute approximate surface area is 171 Å². The van der Waals surface area contributed by atoms with E-state index in [1.165, 1.54) is 0 Å². The first-order valence-corrected chi connectivity index (χ1v) is 11.1. The maximum Gasteiger partial charge on any atom is 0.240 e. The molecule has 0 spiro atoms. The van der Waals surface area contributed by atoms with Crippen LogP contribution in [0.4, 0.5) is 0 Å². The predicted octanol–water partition coefficient (Wildman–Crippen LogP) is 3.99. The first-order chi connectivity index (χ1) is 13.8. The zero-order valence-corrected chi connectivity index (χ0v) is 17.7. The molecule has 3 aromatic rings. The van der Waals surface area contributed by atoms with E-state index in [0.717, 1.165) is 22.1 Å². The normalized spacial score (nSPS) is 12.8. The largest absolute Gasteiger partial charge is 0.459 e. The van der Waals surface area contributed by atoms with Crippen LogP contribution in [-0.2, 0) is 14.8 Å². The first kappa shape index (κ1) is 21.1. The minimum Gasteiger partial charge on any atom is -0.459 e. The lowest BCUT2D eigenvalue weighted by atomic mass is 10.1. The van der Waals surface area contributed by atoms with Crippen molar-refractivity contribution in [2.24, 2.45) is 0 Å². The number of benzene rings is 2. The van der Waals surface area contributed by atoms with E-state index in [9.17, 15) is 13.2 Å². The zero-order chi connectivity index (χ0) is 21.0. The van der Waals surface area contributed by atoms with Crippen molar-refractivity contribution in [1.29, 1.82) is 0 Å². The SMILES string of the molecule is Cc1ccc(S(=O)(=O)NCCCC(=O)N[C@@H](C)c2cc3ccccc3o2)cc1C. The molecule has 0 aliphatic rings. The van der Waals surface area contributed by atoms with Crippen LogP contribution in [0.1, 0.15) is 42.7 Å². The van der Waals surface area contributed by atoms with E-state index < -0.39 is 10.0 Å². The van der Waals surface area contributed by atoms with Crippen LogP contribution in [0.15, 0.2) is 57.8 Å². The summed E-state index contributed by atoms with van der Waals surface area (Å²) in [5.74, 6) is 0.540. The summed E-state index contributed by atoms with van der Waals surface area (Å²) in [7, 11) is -3.58. The third kappa shape index (κ3) is 5.25. The summed E-state index contributed by atoms with van der Waals surface area (Å²) in [6.45, 7) is 5.87. The standard InChI is InChI=1S/C22H26N2O4S/c1-15-10-11-19(13-16(15)2)29(26,27)23-12-6-9-22(25)24-17(3)21-14-18-7-4-5-8-20(18)28-21/h4-5,7-8,10-11,13-14,17,23H,6,9,12H2,1-3H3,(H,24,25)/t17-/m0/s1. The van der Waals surface area contributed by atoms with Crippen LogP contribution in [0.25, 0.3) is 11.0 Å². The van der Waals surface area contributed by atoms with Crippen LogP contribution >= 0.6 is 0 Å². The van der Waals surface area contributed by atoms with Gasteiger partial charge in [0.15, 0.2) is 0 Å². The number of hydrogen-bond acceptors (Lipinski definition) is 4. The van der Waals surface area contributed by atoms with E-state index in [-0.39, 0.29) is 29.8 Å². The molecule has 1 heterocycles. The van der Waals surface area contributed by atoms with Crippen molar-refractivity contribution >= 4 is 26.9 Å². The molecule has 0 fully saturated rings. The average Bonchev–Trinajstić information content (AvgIpc) is 3.12. The molecule has 6 nitrogen and oxygen atoms in total. The summed E-state index contributed by atoms with van der Waals surface area (Å²) in [5, 5.41) is 3.88. The van der Waals surface area contributed by atoms with Gasteiger partial charge in [-0.1, -0.05) is 24.3 Å². The molecule has 0 saturated carbocycles. The maximum absolute atomic E-state index is 12.4. The molecule has 1 aromatic heterocycles. The van der Waals surface area contributed by atoms with Crippen molar-refractivity contribution in [2.45, 2.75) is 44.6 Å². The van der Waals surface area contributed by atoms with Gasteiger partial charge in [-0.3, -0.25) is 4.79 Å². The molecule has 0 radical (unpaired) electrons. The van der Waals surface area contributed by atoms with E-state index >= 15 is 0 Å². The van der Waals surface area contributed by atoms with E-state index in [1.807, 2.05) is 51.1 Å². The fourth-order valence-electron chi connectivity index (χ4n) is 3.02. The number of para-hydroxylation sites is 1. The van der Waals surface area contributed by atoms with Gasteiger partial charge >= 0.3 is 0 Å². The molecule has 0 bridgehead atoms. The van der Waals surface area contributed by atoms with Gasteiger partial charge in [0.2, 0.25) is 15.9 Å². The number of aryl methyl sites for hydroxylation is 2. The maximum atomic E-state index is 12.4. The quantitative estimate of drug-likeness (QED) is 0.546. The Balaban J connectivity index is 1.47. The molecule has 2 aromatic carbocycles. The van der Waals surface area contributed by atoms with Crippen LogP contribution in [0.3, 0.4) is 0 Å². The number of nitrogens with one attached hydrogen (secondary N) is 2. The summed E-state index contributed by atoms with van der Waals surface area (Å²) in [6.07, 6.45) is 0.628. The van der Waals surface area contributed by atoms with Gasteiger partial charge in [-0.2, -0.15) is 0 Å². The molecule has 2 N–H and O–H groups in total. The number of furan rings is 1. The second-order valence-corrected chi connectivity index (χ2v) is 8.99. The third-order valence-corrected chi connectivity index (χ3v) is 6.37. The number of amides is 1. The minimum absolute atomic E-state index is 0.150. The van der Waals surface area contributed by atoms with Crippen molar-refractivity contribution in [2.75, 3.05) is 6.54 Å². The molecule has 1 amide bonds. The van der Waals surface area contributed by atoms with Crippen LogP contribution in [0, 0.1) is 13.8 Å². The van der Waals surface area contributed by atoms with Gasteiger partial charge < -0.3 is 9.73 Å². The first-order valence-electron chi connectivity index (χ1n) is 9.61. The van der Waals surface area contributed by atoms with E-state index in [4.69, 9.17) is 4.42 Å². The van der Waals surface area contributed by atoms with Crippen molar-refractivity contribution in [3.63, 3.8) is 0 Å². The van der Waals surface area contributed by atoms with Gasteiger partial charge in [-0.25, -0.2) is 13.1 Å². The van der Waals surface area contributed by atoms with Crippen molar-refractivity contribution < 1.29 is 17.6 Å². The van der Waals surface area contributed by atoms with Gasteiger partial charge in [-0.15, -0.1) is 0 Å².